The number of methoxy groups -OCH3 is 1. The standard InChI is InChI=1S/C7H9NO3/c1-3-4-5-8-6(9)7(10)11-2/h5H2,1-2H3,(H,8,9). The summed E-state index contributed by atoms with van der Waals surface area (Å²) in [5.41, 5.74) is 0. The molecule has 0 spiro atoms. The molecule has 0 saturated carbocycles. The van der Waals surface area contributed by atoms with Crippen LogP contribution in [0.15, 0.2) is 0 Å². The Kier molecular flexibility index (Phi) is 4.58. The number of hydrogen-bond acceptors (Lipinski definition) is 3. The highest BCUT2D eigenvalue weighted by Crippen LogP contribution is 1.71. The molecule has 0 rings (SSSR count). The Morgan fingerprint density at radius 2 is 2.18 bits per heavy atom. The number of nitrogens with one attached hydrogen (secondary N) is 1. The molecular formula is C7H9NO3. The van der Waals surface area contributed by atoms with Gasteiger partial charge in [-0.1, -0.05) is 5.92 Å². The summed E-state index contributed by atoms with van der Waals surface area (Å²) >= 11 is 0. The molecule has 1 N–H and O–H groups in total. The molecule has 0 aromatic rings. The van der Waals surface area contributed by atoms with Gasteiger partial charge in [-0.3, -0.25) is 4.79 Å². The van der Waals surface area contributed by atoms with Crippen LogP contribution in [0.5, 0.6) is 0 Å². The van der Waals surface area contributed by atoms with E-state index in [4.69, 9.17) is 0 Å². The Hall–Kier alpha value is -1.50. The number of rotatable bonds is 1. The van der Waals surface area contributed by atoms with E-state index < -0.39 is 11.9 Å². The SMILES string of the molecule is CC#CCNC(=O)C(=O)OC. The first-order valence-electron chi connectivity index (χ1n) is 2.98. The van der Waals surface area contributed by atoms with Gasteiger partial charge in [-0.2, -0.15) is 0 Å². The molecule has 1 amide bonds. The molecule has 4 nitrogen and oxygen atoms in total. The van der Waals surface area contributed by atoms with Crippen LogP contribution in [0.4, 0.5) is 0 Å². The lowest BCUT2D eigenvalue weighted by molar-refractivity contribution is -0.152. The topological polar surface area (TPSA) is 55.4 Å². The normalized spacial score (nSPS) is 7.45. The summed E-state index contributed by atoms with van der Waals surface area (Å²) in [5, 5.41) is 2.25. The van der Waals surface area contributed by atoms with Crippen LogP contribution in [0.3, 0.4) is 0 Å². The van der Waals surface area contributed by atoms with E-state index >= 15 is 0 Å². The zero-order valence-corrected chi connectivity index (χ0v) is 6.43. The van der Waals surface area contributed by atoms with Crippen molar-refractivity contribution >= 4 is 11.9 Å². The first-order valence-corrected chi connectivity index (χ1v) is 2.98. The molecular weight excluding hydrogens is 146 g/mol. The molecule has 0 heterocycles. The van der Waals surface area contributed by atoms with Gasteiger partial charge in [-0.05, 0) is 6.92 Å². The van der Waals surface area contributed by atoms with Gasteiger partial charge in [0.2, 0.25) is 0 Å². The maximum Gasteiger partial charge on any atom is 0.396 e. The largest absolute Gasteiger partial charge is 0.462 e. The highest BCUT2D eigenvalue weighted by molar-refractivity contribution is 6.32. The fourth-order valence-corrected chi connectivity index (χ4v) is 0.378. The van der Waals surface area contributed by atoms with E-state index in [1.165, 1.54) is 0 Å². The van der Waals surface area contributed by atoms with E-state index in [0.717, 1.165) is 7.11 Å². The Morgan fingerprint density at radius 3 is 2.64 bits per heavy atom. The summed E-state index contributed by atoms with van der Waals surface area (Å²) in [6.07, 6.45) is 0. The van der Waals surface area contributed by atoms with Gasteiger partial charge in [0.15, 0.2) is 0 Å². The number of esters is 1. The average Bonchev–Trinajstić information content (AvgIpc) is 2.03. The number of amides is 1. The van der Waals surface area contributed by atoms with Crippen LogP contribution < -0.4 is 5.32 Å². The summed E-state index contributed by atoms with van der Waals surface area (Å²) in [7, 11) is 1.15. The van der Waals surface area contributed by atoms with Gasteiger partial charge in [0, 0.05) is 0 Å². The second-order valence-corrected chi connectivity index (χ2v) is 1.60. The van der Waals surface area contributed by atoms with Crippen LogP contribution in [0.1, 0.15) is 6.92 Å². The second-order valence-electron chi connectivity index (χ2n) is 1.60. The molecule has 0 fully saturated rings. The van der Waals surface area contributed by atoms with Crippen molar-refractivity contribution in [2.24, 2.45) is 0 Å². The van der Waals surface area contributed by atoms with Gasteiger partial charge >= 0.3 is 11.9 Å². The minimum absolute atomic E-state index is 0.171. The Balaban J connectivity index is 3.67. The molecule has 0 unspecified atom stereocenters. The lowest BCUT2D eigenvalue weighted by Gasteiger charge is -1.96. The molecule has 0 atom stereocenters. The first kappa shape index (κ1) is 9.50. The molecule has 0 aliphatic rings. The van der Waals surface area contributed by atoms with Gasteiger partial charge in [0.05, 0.1) is 13.7 Å². The van der Waals surface area contributed by atoms with E-state index in [-0.39, 0.29) is 6.54 Å². The van der Waals surface area contributed by atoms with Gasteiger partial charge in [-0.25, -0.2) is 4.79 Å². The summed E-state index contributed by atoms with van der Waals surface area (Å²) in [4.78, 5) is 21.0. The van der Waals surface area contributed by atoms with E-state index in [1.807, 2.05) is 0 Å². The van der Waals surface area contributed by atoms with E-state index in [2.05, 4.69) is 21.9 Å². The van der Waals surface area contributed by atoms with Crippen LogP contribution in [0.25, 0.3) is 0 Å². The van der Waals surface area contributed by atoms with Crippen LogP contribution in [0, 0.1) is 11.8 Å². The van der Waals surface area contributed by atoms with Crippen molar-refractivity contribution in [2.75, 3.05) is 13.7 Å². The summed E-state index contributed by atoms with van der Waals surface area (Å²) in [5.74, 6) is 3.46. The monoisotopic (exact) mass is 155 g/mol. The van der Waals surface area contributed by atoms with Crippen molar-refractivity contribution < 1.29 is 14.3 Å². The van der Waals surface area contributed by atoms with Crippen molar-refractivity contribution in [2.45, 2.75) is 6.92 Å². The van der Waals surface area contributed by atoms with Gasteiger partial charge in [0.1, 0.15) is 0 Å². The second kappa shape index (κ2) is 5.30. The fraction of sp³-hybridized carbons (Fsp3) is 0.429. The smallest absolute Gasteiger partial charge is 0.396 e. The Bertz CT molecular complexity index is 211. The molecule has 0 bridgehead atoms. The van der Waals surface area contributed by atoms with E-state index in [9.17, 15) is 9.59 Å². The molecule has 11 heavy (non-hydrogen) atoms. The van der Waals surface area contributed by atoms with Crippen LogP contribution in [-0.2, 0) is 14.3 Å². The third-order valence-electron chi connectivity index (χ3n) is 0.885. The molecule has 0 aromatic heterocycles. The van der Waals surface area contributed by atoms with Gasteiger partial charge in [0.25, 0.3) is 0 Å². The van der Waals surface area contributed by atoms with Crippen molar-refractivity contribution in [1.82, 2.24) is 5.32 Å². The summed E-state index contributed by atoms with van der Waals surface area (Å²) in [6, 6.07) is 0. The maximum atomic E-state index is 10.6. The highest BCUT2D eigenvalue weighted by Gasteiger charge is 2.10. The number of ether oxygens (including phenoxy) is 1. The lowest BCUT2D eigenvalue weighted by Crippen LogP contribution is -2.31. The first-order chi connectivity index (χ1) is 5.22. The quantitative estimate of drug-likeness (QED) is 0.309. The number of hydrogen-bond donors (Lipinski definition) is 1. The van der Waals surface area contributed by atoms with Crippen molar-refractivity contribution in [3.05, 3.63) is 0 Å². The molecule has 4 heteroatoms. The zero-order chi connectivity index (χ0) is 8.69. The predicted molar refractivity (Wildman–Crippen MR) is 38.5 cm³/mol. The predicted octanol–water partition coefficient (Wildman–Crippen LogP) is -0.701. The zero-order valence-electron chi connectivity index (χ0n) is 6.43. The Morgan fingerprint density at radius 1 is 1.55 bits per heavy atom. The molecule has 60 valence electrons. The number of carbonyl (C=O) groups excluding carboxylic acids is 2. The van der Waals surface area contributed by atoms with Gasteiger partial charge < -0.3 is 10.1 Å². The van der Waals surface area contributed by atoms with Gasteiger partial charge in [-0.15, -0.1) is 5.92 Å². The Labute approximate surface area is 64.9 Å². The lowest BCUT2D eigenvalue weighted by atomic mass is 10.5. The highest BCUT2D eigenvalue weighted by atomic mass is 16.5. The summed E-state index contributed by atoms with van der Waals surface area (Å²) in [6.45, 7) is 1.81. The van der Waals surface area contributed by atoms with Crippen LogP contribution in [0.2, 0.25) is 0 Å². The third kappa shape index (κ3) is 3.98. The molecule has 0 aromatic carbocycles. The van der Waals surface area contributed by atoms with Crippen molar-refractivity contribution in [3.8, 4) is 11.8 Å². The fourth-order valence-electron chi connectivity index (χ4n) is 0.378. The summed E-state index contributed by atoms with van der Waals surface area (Å²) < 4.78 is 4.14. The molecule has 0 aliphatic heterocycles. The molecule has 0 radical (unpaired) electrons. The van der Waals surface area contributed by atoms with Crippen molar-refractivity contribution in [3.63, 3.8) is 0 Å². The van der Waals surface area contributed by atoms with Crippen LogP contribution >= 0.6 is 0 Å². The third-order valence-corrected chi connectivity index (χ3v) is 0.885. The van der Waals surface area contributed by atoms with E-state index in [1.54, 1.807) is 6.92 Å². The number of carbonyl (C=O) groups is 2. The molecule has 0 aliphatic carbocycles. The molecule has 0 saturated heterocycles. The minimum atomic E-state index is -0.900. The average molecular weight is 155 g/mol. The van der Waals surface area contributed by atoms with Crippen molar-refractivity contribution in [1.29, 1.82) is 0 Å². The minimum Gasteiger partial charge on any atom is -0.462 e. The maximum absolute atomic E-state index is 10.6. The van der Waals surface area contributed by atoms with Crippen LogP contribution in [-0.4, -0.2) is 25.5 Å². The van der Waals surface area contributed by atoms with E-state index in [0.29, 0.717) is 0 Å².